The van der Waals surface area contributed by atoms with Crippen molar-refractivity contribution in [3.63, 3.8) is 0 Å². The van der Waals surface area contributed by atoms with Gasteiger partial charge in [0.1, 0.15) is 0 Å². The maximum atomic E-state index is 10.9. The maximum absolute atomic E-state index is 10.9. The highest BCUT2D eigenvalue weighted by atomic mass is 79.9. The summed E-state index contributed by atoms with van der Waals surface area (Å²) in [5, 5.41) is 12.1. The molecule has 1 aromatic rings. The van der Waals surface area contributed by atoms with Crippen molar-refractivity contribution in [3.05, 3.63) is 28.2 Å². The Kier molecular flexibility index (Phi) is 4.02. The highest BCUT2D eigenvalue weighted by molar-refractivity contribution is 9.10. The summed E-state index contributed by atoms with van der Waals surface area (Å²) in [6, 6.07) is 5.07. The van der Waals surface area contributed by atoms with Crippen molar-refractivity contribution >= 4 is 27.6 Å². The molecule has 5 heteroatoms. The second-order valence-corrected chi connectivity index (χ2v) is 4.97. The van der Waals surface area contributed by atoms with E-state index in [2.05, 4.69) is 21.2 Å². The van der Waals surface area contributed by atoms with Crippen LogP contribution >= 0.6 is 15.9 Å². The van der Waals surface area contributed by atoms with Crippen LogP contribution in [0.5, 0.6) is 0 Å². The van der Waals surface area contributed by atoms with Gasteiger partial charge in [-0.3, -0.25) is 0 Å². The summed E-state index contributed by atoms with van der Waals surface area (Å²) in [5.41, 5.74) is 1.07. The van der Waals surface area contributed by atoms with Gasteiger partial charge >= 0.3 is 5.97 Å². The summed E-state index contributed by atoms with van der Waals surface area (Å²) in [6.07, 6.45) is 2.40. The largest absolute Gasteiger partial charge is 0.478 e. The SMILES string of the molecule is O=C(O)c1cc(Br)cc(NCC2CCCO2)c1. The zero-order valence-electron chi connectivity index (χ0n) is 9.28. The number of carboxylic acid groups (broad SMARTS) is 1. The van der Waals surface area contributed by atoms with Crippen LogP contribution in [-0.4, -0.2) is 30.3 Å². The van der Waals surface area contributed by atoms with Gasteiger partial charge in [-0.15, -0.1) is 0 Å². The summed E-state index contributed by atoms with van der Waals surface area (Å²) >= 11 is 3.30. The molecule has 2 N–H and O–H groups in total. The van der Waals surface area contributed by atoms with Gasteiger partial charge in [0, 0.05) is 23.3 Å². The van der Waals surface area contributed by atoms with Crippen LogP contribution < -0.4 is 5.32 Å². The lowest BCUT2D eigenvalue weighted by Crippen LogP contribution is -2.18. The minimum absolute atomic E-state index is 0.238. The molecule has 0 bridgehead atoms. The van der Waals surface area contributed by atoms with E-state index in [4.69, 9.17) is 9.84 Å². The maximum Gasteiger partial charge on any atom is 0.335 e. The number of nitrogens with one attached hydrogen (secondary N) is 1. The van der Waals surface area contributed by atoms with Crippen LogP contribution in [0.25, 0.3) is 0 Å². The molecule has 1 unspecified atom stereocenters. The molecule has 0 aliphatic carbocycles. The Balaban J connectivity index is 2.01. The number of carbonyl (C=O) groups is 1. The first-order chi connectivity index (χ1) is 8.15. The summed E-state index contributed by atoms with van der Waals surface area (Å²) in [6.45, 7) is 1.54. The van der Waals surface area contributed by atoms with Crippen LogP contribution in [-0.2, 0) is 4.74 Å². The molecule has 0 spiro atoms. The Morgan fingerprint density at radius 1 is 1.53 bits per heavy atom. The van der Waals surface area contributed by atoms with Crippen molar-refractivity contribution in [3.8, 4) is 0 Å². The fourth-order valence-electron chi connectivity index (χ4n) is 1.85. The lowest BCUT2D eigenvalue weighted by atomic mass is 10.2. The van der Waals surface area contributed by atoms with Gasteiger partial charge in [0.05, 0.1) is 11.7 Å². The molecule has 1 aliphatic heterocycles. The lowest BCUT2D eigenvalue weighted by Gasteiger charge is -2.12. The van der Waals surface area contributed by atoms with E-state index in [0.717, 1.165) is 36.2 Å². The first-order valence-electron chi connectivity index (χ1n) is 5.54. The second kappa shape index (κ2) is 5.51. The van der Waals surface area contributed by atoms with Gasteiger partial charge in [0.25, 0.3) is 0 Å². The van der Waals surface area contributed by atoms with E-state index in [1.165, 1.54) is 0 Å². The highest BCUT2D eigenvalue weighted by Crippen LogP contribution is 2.20. The van der Waals surface area contributed by atoms with Crippen molar-refractivity contribution in [1.82, 2.24) is 0 Å². The number of hydrogen-bond acceptors (Lipinski definition) is 3. The molecule has 1 atom stereocenters. The van der Waals surface area contributed by atoms with E-state index >= 15 is 0 Å². The van der Waals surface area contributed by atoms with Gasteiger partial charge in [0.15, 0.2) is 0 Å². The standard InChI is InChI=1S/C12H14BrNO3/c13-9-4-8(12(15)16)5-10(6-9)14-7-11-2-1-3-17-11/h4-6,11,14H,1-3,7H2,(H,15,16). The number of halogens is 1. The zero-order chi connectivity index (χ0) is 12.3. The van der Waals surface area contributed by atoms with E-state index in [0.29, 0.717) is 0 Å². The quantitative estimate of drug-likeness (QED) is 0.897. The molecular weight excluding hydrogens is 286 g/mol. The van der Waals surface area contributed by atoms with Crippen molar-refractivity contribution < 1.29 is 14.6 Å². The van der Waals surface area contributed by atoms with Gasteiger partial charge in [-0.1, -0.05) is 15.9 Å². The molecule has 1 heterocycles. The fraction of sp³-hybridized carbons (Fsp3) is 0.417. The minimum Gasteiger partial charge on any atom is -0.478 e. The van der Waals surface area contributed by atoms with Crippen molar-refractivity contribution in [2.24, 2.45) is 0 Å². The second-order valence-electron chi connectivity index (χ2n) is 4.05. The molecule has 0 amide bonds. The minimum atomic E-state index is -0.925. The number of anilines is 1. The van der Waals surface area contributed by atoms with E-state index in [-0.39, 0.29) is 11.7 Å². The average molecular weight is 300 g/mol. The molecule has 4 nitrogen and oxygen atoms in total. The molecule has 1 aromatic carbocycles. The fourth-order valence-corrected chi connectivity index (χ4v) is 2.35. The van der Waals surface area contributed by atoms with Crippen LogP contribution in [0.1, 0.15) is 23.2 Å². The van der Waals surface area contributed by atoms with Crippen molar-refractivity contribution in [2.45, 2.75) is 18.9 Å². The molecule has 0 saturated carbocycles. The number of benzene rings is 1. The number of hydrogen-bond donors (Lipinski definition) is 2. The molecule has 0 radical (unpaired) electrons. The Labute approximate surface area is 108 Å². The first kappa shape index (κ1) is 12.4. The van der Waals surface area contributed by atoms with Crippen LogP contribution in [0.2, 0.25) is 0 Å². The van der Waals surface area contributed by atoms with Crippen molar-refractivity contribution in [2.75, 3.05) is 18.5 Å². The molecular formula is C12H14BrNO3. The summed E-state index contributed by atoms with van der Waals surface area (Å²) < 4.78 is 6.25. The third-order valence-electron chi connectivity index (χ3n) is 2.70. The van der Waals surface area contributed by atoms with Gasteiger partial charge in [-0.05, 0) is 31.0 Å². The molecule has 92 valence electrons. The topological polar surface area (TPSA) is 58.6 Å². The Hall–Kier alpha value is -1.07. The molecule has 1 fully saturated rings. The van der Waals surface area contributed by atoms with Gasteiger partial charge in [-0.2, -0.15) is 0 Å². The average Bonchev–Trinajstić information content (AvgIpc) is 2.78. The monoisotopic (exact) mass is 299 g/mol. The third kappa shape index (κ3) is 3.44. The van der Waals surface area contributed by atoms with Crippen molar-refractivity contribution in [1.29, 1.82) is 0 Å². The zero-order valence-corrected chi connectivity index (χ0v) is 10.9. The predicted octanol–water partition coefficient (Wildman–Crippen LogP) is 2.74. The molecule has 2 rings (SSSR count). The van der Waals surface area contributed by atoms with Crippen LogP contribution in [0.3, 0.4) is 0 Å². The molecule has 1 saturated heterocycles. The number of ether oxygens (including phenoxy) is 1. The van der Waals surface area contributed by atoms with Crippen LogP contribution in [0.4, 0.5) is 5.69 Å². The lowest BCUT2D eigenvalue weighted by molar-refractivity contribution is 0.0697. The third-order valence-corrected chi connectivity index (χ3v) is 3.16. The normalized spacial score (nSPS) is 19.2. The Morgan fingerprint density at radius 2 is 2.35 bits per heavy atom. The van der Waals surface area contributed by atoms with E-state index < -0.39 is 5.97 Å². The van der Waals surface area contributed by atoms with Gasteiger partial charge < -0.3 is 15.2 Å². The Bertz CT molecular complexity index is 416. The van der Waals surface area contributed by atoms with Gasteiger partial charge in [0.2, 0.25) is 0 Å². The Morgan fingerprint density at radius 3 is 3.00 bits per heavy atom. The number of rotatable bonds is 4. The first-order valence-corrected chi connectivity index (χ1v) is 6.34. The summed E-state index contributed by atoms with van der Waals surface area (Å²) in [5.74, 6) is -0.925. The molecule has 0 aromatic heterocycles. The molecule has 1 aliphatic rings. The van der Waals surface area contributed by atoms with E-state index in [1.807, 2.05) is 6.07 Å². The highest BCUT2D eigenvalue weighted by Gasteiger charge is 2.15. The van der Waals surface area contributed by atoms with Gasteiger partial charge in [-0.25, -0.2) is 4.79 Å². The number of aromatic carboxylic acids is 1. The summed E-state index contributed by atoms with van der Waals surface area (Å²) in [4.78, 5) is 10.9. The summed E-state index contributed by atoms with van der Waals surface area (Å²) in [7, 11) is 0. The van der Waals surface area contributed by atoms with Crippen LogP contribution in [0.15, 0.2) is 22.7 Å². The predicted molar refractivity (Wildman–Crippen MR) is 68.6 cm³/mol. The van der Waals surface area contributed by atoms with E-state index in [1.54, 1.807) is 12.1 Å². The smallest absolute Gasteiger partial charge is 0.335 e. The van der Waals surface area contributed by atoms with Crippen LogP contribution in [0, 0.1) is 0 Å². The van der Waals surface area contributed by atoms with E-state index in [9.17, 15) is 4.79 Å². The number of carboxylic acids is 1. The molecule has 17 heavy (non-hydrogen) atoms.